The minimum Gasteiger partial charge on any atom is -0.507 e. The molecule has 0 bridgehead atoms. The standard InChI is InChI=1S/C15H13BrN2O2/c1-10(11-6-3-5-9-14(11)19)17-18-15(20)12-7-2-4-8-13(12)16/h2-9,19H,1H3,(H,18,20)/b17-10-. The Hall–Kier alpha value is -2.14. The van der Waals surface area contributed by atoms with Gasteiger partial charge in [0.25, 0.3) is 5.91 Å². The first-order valence-corrected chi connectivity index (χ1v) is 6.76. The number of aromatic hydroxyl groups is 1. The third-order valence-corrected chi connectivity index (χ3v) is 3.43. The highest BCUT2D eigenvalue weighted by molar-refractivity contribution is 9.10. The molecule has 0 aromatic heterocycles. The van der Waals surface area contributed by atoms with Crippen molar-refractivity contribution >= 4 is 27.5 Å². The number of phenolic OH excluding ortho intramolecular Hbond substituents is 1. The molecule has 4 nitrogen and oxygen atoms in total. The molecule has 2 aromatic rings. The average Bonchev–Trinajstić information content (AvgIpc) is 2.45. The molecule has 0 aliphatic carbocycles. The molecule has 0 heterocycles. The van der Waals surface area contributed by atoms with Gasteiger partial charge in [0, 0.05) is 10.0 Å². The molecule has 2 rings (SSSR count). The van der Waals surface area contributed by atoms with Crippen molar-refractivity contribution in [1.82, 2.24) is 5.43 Å². The van der Waals surface area contributed by atoms with Crippen molar-refractivity contribution < 1.29 is 9.90 Å². The van der Waals surface area contributed by atoms with E-state index in [9.17, 15) is 9.90 Å². The molecule has 0 aliphatic rings. The highest BCUT2D eigenvalue weighted by Crippen LogP contribution is 2.17. The minimum absolute atomic E-state index is 0.129. The summed E-state index contributed by atoms with van der Waals surface area (Å²) in [4.78, 5) is 12.0. The van der Waals surface area contributed by atoms with Crippen LogP contribution in [0.25, 0.3) is 0 Å². The van der Waals surface area contributed by atoms with Gasteiger partial charge in [0.15, 0.2) is 0 Å². The smallest absolute Gasteiger partial charge is 0.272 e. The number of phenols is 1. The van der Waals surface area contributed by atoms with E-state index < -0.39 is 0 Å². The summed E-state index contributed by atoms with van der Waals surface area (Å²) < 4.78 is 0.702. The number of hydrazone groups is 1. The molecule has 102 valence electrons. The summed E-state index contributed by atoms with van der Waals surface area (Å²) in [5, 5.41) is 13.7. The van der Waals surface area contributed by atoms with E-state index in [-0.39, 0.29) is 11.7 Å². The van der Waals surface area contributed by atoms with E-state index in [0.29, 0.717) is 21.3 Å². The first-order valence-electron chi connectivity index (χ1n) is 5.97. The predicted molar refractivity (Wildman–Crippen MR) is 81.9 cm³/mol. The number of hydrogen-bond acceptors (Lipinski definition) is 3. The molecular formula is C15H13BrN2O2. The number of halogens is 1. The first kappa shape index (κ1) is 14.3. The van der Waals surface area contributed by atoms with Gasteiger partial charge in [-0.25, -0.2) is 5.43 Å². The van der Waals surface area contributed by atoms with E-state index in [4.69, 9.17) is 0 Å². The number of nitrogens with zero attached hydrogens (tertiary/aromatic N) is 1. The number of hydrogen-bond donors (Lipinski definition) is 2. The Morgan fingerprint density at radius 2 is 1.70 bits per heavy atom. The maximum Gasteiger partial charge on any atom is 0.272 e. The van der Waals surface area contributed by atoms with E-state index in [1.807, 2.05) is 6.07 Å². The predicted octanol–water partition coefficient (Wildman–Crippen LogP) is 3.31. The second-order valence-corrected chi connectivity index (χ2v) is 4.99. The van der Waals surface area contributed by atoms with Crippen LogP contribution in [0.4, 0.5) is 0 Å². The van der Waals surface area contributed by atoms with Gasteiger partial charge in [-0.3, -0.25) is 4.79 Å². The lowest BCUT2D eigenvalue weighted by molar-refractivity contribution is 0.0954. The van der Waals surface area contributed by atoms with Gasteiger partial charge in [0.2, 0.25) is 0 Å². The number of amides is 1. The van der Waals surface area contributed by atoms with Gasteiger partial charge in [0.05, 0.1) is 11.3 Å². The van der Waals surface area contributed by atoms with E-state index in [1.165, 1.54) is 0 Å². The lowest BCUT2D eigenvalue weighted by Crippen LogP contribution is -2.19. The molecule has 0 fully saturated rings. The summed E-state index contributed by atoms with van der Waals surface area (Å²) in [5.41, 5.74) is 4.09. The molecule has 20 heavy (non-hydrogen) atoms. The molecule has 2 aromatic carbocycles. The number of rotatable bonds is 3. The van der Waals surface area contributed by atoms with Gasteiger partial charge in [-0.15, -0.1) is 0 Å². The summed E-state index contributed by atoms with van der Waals surface area (Å²) in [6.07, 6.45) is 0. The zero-order chi connectivity index (χ0) is 14.5. The van der Waals surface area contributed by atoms with Gasteiger partial charge in [-0.05, 0) is 47.1 Å². The van der Waals surface area contributed by atoms with Crippen LogP contribution in [0, 0.1) is 0 Å². The van der Waals surface area contributed by atoms with Crippen LogP contribution >= 0.6 is 15.9 Å². The summed E-state index contributed by atoms with van der Waals surface area (Å²) in [7, 11) is 0. The molecule has 5 heteroatoms. The number of para-hydroxylation sites is 1. The monoisotopic (exact) mass is 332 g/mol. The molecular weight excluding hydrogens is 320 g/mol. The zero-order valence-electron chi connectivity index (χ0n) is 10.8. The number of carbonyl (C=O) groups is 1. The van der Waals surface area contributed by atoms with Gasteiger partial charge < -0.3 is 5.11 Å². The topological polar surface area (TPSA) is 61.7 Å². The Morgan fingerprint density at radius 1 is 1.10 bits per heavy atom. The normalized spacial score (nSPS) is 11.2. The van der Waals surface area contributed by atoms with Crippen molar-refractivity contribution in [2.45, 2.75) is 6.92 Å². The zero-order valence-corrected chi connectivity index (χ0v) is 12.4. The van der Waals surface area contributed by atoms with Crippen molar-refractivity contribution in [2.24, 2.45) is 5.10 Å². The number of nitrogens with one attached hydrogen (secondary N) is 1. The Morgan fingerprint density at radius 3 is 2.35 bits per heavy atom. The Kier molecular flexibility index (Phi) is 4.53. The van der Waals surface area contributed by atoms with Crippen molar-refractivity contribution in [3.8, 4) is 5.75 Å². The maximum atomic E-state index is 12.0. The van der Waals surface area contributed by atoms with E-state index >= 15 is 0 Å². The van der Waals surface area contributed by atoms with E-state index in [1.54, 1.807) is 49.4 Å². The molecule has 0 aliphatic heterocycles. The van der Waals surface area contributed by atoms with Crippen LogP contribution in [0.1, 0.15) is 22.8 Å². The number of carbonyl (C=O) groups excluding carboxylic acids is 1. The second kappa shape index (κ2) is 6.34. The van der Waals surface area contributed by atoms with Crippen molar-refractivity contribution in [2.75, 3.05) is 0 Å². The van der Waals surface area contributed by atoms with Crippen LogP contribution in [0.3, 0.4) is 0 Å². The fourth-order valence-corrected chi connectivity index (χ4v) is 2.14. The van der Waals surface area contributed by atoms with Gasteiger partial charge in [-0.1, -0.05) is 24.3 Å². The van der Waals surface area contributed by atoms with Crippen LogP contribution in [-0.2, 0) is 0 Å². The van der Waals surface area contributed by atoms with Gasteiger partial charge >= 0.3 is 0 Å². The third-order valence-electron chi connectivity index (χ3n) is 2.74. The van der Waals surface area contributed by atoms with Gasteiger partial charge in [0.1, 0.15) is 5.75 Å². The van der Waals surface area contributed by atoms with Crippen LogP contribution in [0.2, 0.25) is 0 Å². The summed E-state index contributed by atoms with van der Waals surface area (Å²) >= 11 is 3.31. The molecule has 0 atom stereocenters. The van der Waals surface area contributed by atoms with Crippen LogP contribution < -0.4 is 5.43 Å². The van der Waals surface area contributed by atoms with Crippen LogP contribution in [0.15, 0.2) is 58.1 Å². The quantitative estimate of drug-likeness (QED) is 0.669. The summed E-state index contributed by atoms with van der Waals surface area (Å²) in [6.45, 7) is 1.72. The summed E-state index contributed by atoms with van der Waals surface area (Å²) in [5.74, 6) is -0.184. The fourth-order valence-electron chi connectivity index (χ4n) is 1.68. The van der Waals surface area contributed by atoms with Crippen molar-refractivity contribution in [3.05, 3.63) is 64.1 Å². The lowest BCUT2D eigenvalue weighted by atomic mass is 10.1. The highest BCUT2D eigenvalue weighted by Gasteiger charge is 2.09. The largest absolute Gasteiger partial charge is 0.507 e. The molecule has 2 N–H and O–H groups in total. The SMILES string of the molecule is C/C(=N/NC(=O)c1ccccc1Br)c1ccccc1O. The van der Waals surface area contributed by atoms with E-state index in [2.05, 4.69) is 26.5 Å². The number of benzene rings is 2. The maximum absolute atomic E-state index is 12.0. The molecule has 0 unspecified atom stereocenters. The van der Waals surface area contributed by atoms with Crippen LogP contribution in [-0.4, -0.2) is 16.7 Å². The average molecular weight is 333 g/mol. The lowest BCUT2D eigenvalue weighted by Gasteiger charge is -2.05. The molecule has 0 spiro atoms. The third kappa shape index (κ3) is 3.24. The second-order valence-electron chi connectivity index (χ2n) is 4.14. The van der Waals surface area contributed by atoms with E-state index in [0.717, 1.165) is 0 Å². The van der Waals surface area contributed by atoms with Crippen molar-refractivity contribution in [1.29, 1.82) is 0 Å². The summed E-state index contributed by atoms with van der Waals surface area (Å²) in [6, 6.07) is 13.9. The Labute approximate surface area is 125 Å². The molecule has 0 radical (unpaired) electrons. The Balaban J connectivity index is 2.16. The molecule has 1 amide bonds. The fraction of sp³-hybridized carbons (Fsp3) is 0.0667. The Bertz CT molecular complexity index is 668. The first-order chi connectivity index (χ1) is 9.59. The van der Waals surface area contributed by atoms with Crippen LogP contribution in [0.5, 0.6) is 5.75 Å². The van der Waals surface area contributed by atoms with Gasteiger partial charge in [-0.2, -0.15) is 5.10 Å². The minimum atomic E-state index is -0.313. The van der Waals surface area contributed by atoms with Crippen molar-refractivity contribution in [3.63, 3.8) is 0 Å². The molecule has 0 saturated heterocycles. The molecule has 0 saturated carbocycles. The highest BCUT2D eigenvalue weighted by atomic mass is 79.9.